The zero-order valence-electron chi connectivity index (χ0n) is 14.7. The minimum atomic E-state index is -0.713. The molecule has 1 saturated carbocycles. The van der Waals surface area contributed by atoms with Crippen molar-refractivity contribution >= 4 is 5.91 Å². The number of nitrogens with one attached hydrogen (secondary N) is 1. The molecule has 5 heteroatoms. The molecule has 1 aromatic heterocycles. The SMILES string of the molecule is Cc1ccc(-n2nc(C(=O)NCC3(O)CCC3)c3c2CCCC3)cc1. The number of hydrogen-bond acceptors (Lipinski definition) is 3. The maximum atomic E-state index is 12.7. The van der Waals surface area contributed by atoms with Gasteiger partial charge in [0.2, 0.25) is 0 Å². The van der Waals surface area contributed by atoms with Crippen molar-refractivity contribution in [2.45, 2.75) is 57.5 Å². The number of nitrogens with zero attached hydrogens (tertiary/aromatic N) is 2. The zero-order valence-corrected chi connectivity index (χ0v) is 14.7. The molecule has 132 valence electrons. The van der Waals surface area contributed by atoms with Crippen molar-refractivity contribution in [2.24, 2.45) is 0 Å². The molecular formula is C20H25N3O2. The smallest absolute Gasteiger partial charge is 0.272 e. The van der Waals surface area contributed by atoms with Crippen molar-refractivity contribution in [1.82, 2.24) is 15.1 Å². The van der Waals surface area contributed by atoms with E-state index in [1.165, 1.54) is 5.56 Å². The Kier molecular flexibility index (Phi) is 4.12. The molecule has 2 aliphatic rings. The van der Waals surface area contributed by atoms with Crippen LogP contribution in [0.3, 0.4) is 0 Å². The van der Waals surface area contributed by atoms with Gasteiger partial charge in [-0.2, -0.15) is 5.10 Å². The number of hydrogen-bond donors (Lipinski definition) is 2. The minimum Gasteiger partial charge on any atom is -0.388 e. The number of benzene rings is 1. The van der Waals surface area contributed by atoms with Crippen LogP contribution in [0.15, 0.2) is 24.3 Å². The Hall–Kier alpha value is -2.14. The summed E-state index contributed by atoms with van der Waals surface area (Å²) in [5, 5.41) is 17.8. The van der Waals surface area contributed by atoms with Crippen molar-refractivity contribution in [3.8, 4) is 5.69 Å². The van der Waals surface area contributed by atoms with E-state index >= 15 is 0 Å². The van der Waals surface area contributed by atoms with Crippen molar-refractivity contribution < 1.29 is 9.90 Å². The van der Waals surface area contributed by atoms with Gasteiger partial charge >= 0.3 is 0 Å². The van der Waals surface area contributed by atoms with Gasteiger partial charge in [0.1, 0.15) is 0 Å². The summed E-state index contributed by atoms with van der Waals surface area (Å²) in [5.41, 5.74) is 4.25. The monoisotopic (exact) mass is 339 g/mol. The maximum Gasteiger partial charge on any atom is 0.272 e. The molecule has 2 aliphatic carbocycles. The first kappa shape index (κ1) is 16.3. The number of carbonyl (C=O) groups is 1. The molecule has 0 aliphatic heterocycles. The van der Waals surface area contributed by atoms with E-state index in [1.807, 2.05) is 4.68 Å². The summed E-state index contributed by atoms with van der Waals surface area (Å²) < 4.78 is 1.93. The number of aromatic nitrogens is 2. The summed E-state index contributed by atoms with van der Waals surface area (Å²) in [5.74, 6) is -0.163. The van der Waals surface area contributed by atoms with Crippen LogP contribution in [-0.2, 0) is 12.8 Å². The predicted molar refractivity (Wildman–Crippen MR) is 96.1 cm³/mol. The number of aryl methyl sites for hydroxylation is 1. The molecule has 0 saturated heterocycles. The molecule has 4 rings (SSSR count). The lowest BCUT2D eigenvalue weighted by Gasteiger charge is -2.36. The Balaban J connectivity index is 1.63. The fraction of sp³-hybridized carbons (Fsp3) is 0.500. The average Bonchev–Trinajstić information content (AvgIpc) is 2.98. The Morgan fingerprint density at radius 3 is 2.60 bits per heavy atom. The van der Waals surface area contributed by atoms with Gasteiger partial charge in [-0.15, -0.1) is 0 Å². The number of fused-ring (bicyclic) bond motifs is 1. The number of rotatable bonds is 4. The number of carbonyl (C=O) groups excluding carboxylic acids is 1. The number of aliphatic hydroxyl groups is 1. The molecule has 0 unspecified atom stereocenters. The van der Waals surface area contributed by atoms with Gasteiger partial charge in [-0.3, -0.25) is 4.79 Å². The highest BCUT2D eigenvalue weighted by molar-refractivity contribution is 5.94. The molecule has 5 nitrogen and oxygen atoms in total. The van der Waals surface area contributed by atoms with Crippen molar-refractivity contribution in [1.29, 1.82) is 0 Å². The van der Waals surface area contributed by atoms with E-state index in [9.17, 15) is 9.90 Å². The summed E-state index contributed by atoms with van der Waals surface area (Å²) in [6.07, 6.45) is 6.64. The summed E-state index contributed by atoms with van der Waals surface area (Å²) in [7, 11) is 0. The van der Waals surface area contributed by atoms with Crippen LogP contribution in [0.4, 0.5) is 0 Å². The van der Waals surface area contributed by atoms with Crippen LogP contribution in [-0.4, -0.2) is 32.9 Å². The predicted octanol–water partition coefficient (Wildman–Crippen LogP) is 2.70. The normalized spacial score (nSPS) is 18.3. The Bertz CT molecular complexity index is 788. The summed E-state index contributed by atoms with van der Waals surface area (Å²) in [6.45, 7) is 2.38. The lowest BCUT2D eigenvalue weighted by molar-refractivity contribution is -0.0300. The lowest BCUT2D eigenvalue weighted by atomic mass is 9.80. The first-order valence-corrected chi connectivity index (χ1v) is 9.24. The highest BCUT2D eigenvalue weighted by Crippen LogP contribution is 2.31. The first-order chi connectivity index (χ1) is 12.1. The third-order valence-corrected chi connectivity index (χ3v) is 5.54. The second-order valence-corrected chi connectivity index (χ2v) is 7.49. The Morgan fingerprint density at radius 2 is 1.92 bits per heavy atom. The van der Waals surface area contributed by atoms with Crippen molar-refractivity contribution in [3.63, 3.8) is 0 Å². The van der Waals surface area contributed by atoms with Crippen LogP contribution < -0.4 is 5.32 Å². The lowest BCUT2D eigenvalue weighted by Crippen LogP contribution is -2.48. The fourth-order valence-electron chi connectivity index (χ4n) is 3.77. The Morgan fingerprint density at radius 1 is 1.20 bits per heavy atom. The molecule has 1 amide bonds. The van der Waals surface area contributed by atoms with E-state index in [0.29, 0.717) is 12.2 Å². The third kappa shape index (κ3) is 3.09. The van der Waals surface area contributed by atoms with Crippen LogP contribution in [0.5, 0.6) is 0 Å². The van der Waals surface area contributed by atoms with Crippen LogP contribution in [0, 0.1) is 6.92 Å². The topological polar surface area (TPSA) is 67.2 Å². The summed E-state index contributed by atoms with van der Waals surface area (Å²) in [4.78, 5) is 12.7. The van der Waals surface area contributed by atoms with Gasteiger partial charge in [-0.25, -0.2) is 4.68 Å². The standard InChI is InChI=1S/C20H25N3O2/c1-14-7-9-15(10-8-14)23-17-6-3-2-5-16(17)18(22-23)19(24)21-13-20(25)11-4-12-20/h7-10,25H,2-6,11-13H2,1H3,(H,21,24). The molecular weight excluding hydrogens is 314 g/mol. The van der Waals surface area contributed by atoms with Gasteiger partial charge in [0.15, 0.2) is 5.69 Å². The molecule has 1 aromatic carbocycles. The van der Waals surface area contributed by atoms with E-state index in [2.05, 4.69) is 41.6 Å². The fourth-order valence-corrected chi connectivity index (χ4v) is 3.77. The van der Waals surface area contributed by atoms with Crippen LogP contribution in [0.1, 0.15) is 59.4 Å². The van der Waals surface area contributed by atoms with E-state index < -0.39 is 5.60 Å². The highest BCUT2D eigenvalue weighted by Gasteiger charge is 2.35. The molecule has 0 radical (unpaired) electrons. The quantitative estimate of drug-likeness (QED) is 0.900. The van der Waals surface area contributed by atoms with Gasteiger partial charge in [0, 0.05) is 17.8 Å². The molecule has 2 N–H and O–H groups in total. The van der Waals surface area contributed by atoms with Crippen LogP contribution in [0.2, 0.25) is 0 Å². The minimum absolute atomic E-state index is 0.163. The van der Waals surface area contributed by atoms with Crippen molar-refractivity contribution in [3.05, 3.63) is 46.8 Å². The maximum absolute atomic E-state index is 12.7. The summed E-state index contributed by atoms with van der Waals surface area (Å²) in [6, 6.07) is 8.24. The highest BCUT2D eigenvalue weighted by atomic mass is 16.3. The Labute approximate surface area is 148 Å². The molecule has 0 spiro atoms. The van der Waals surface area contributed by atoms with E-state index in [1.54, 1.807) is 0 Å². The second kappa shape index (κ2) is 6.30. The second-order valence-electron chi connectivity index (χ2n) is 7.49. The summed E-state index contributed by atoms with van der Waals surface area (Å²) >= 11 is 0. The average molecular weight is 339 g/mol. The van der Waals surface area contributed by atoms with Gasteiger partial charge in [0.05, 0.1) is 11.3 Å². The first-order valence-electron chi connectivity index (χ1n) is 9.24. The van der Waals surface area contributed by atoms with Gasteiger partial charge in [-0.05, 0) is 64.0 Å². The molecule has 1 fully saturated rings. The molecule has 0 atom stereocenters. The van der Waals surface area contributed by atoms with E-state index in [4.69, 9.17) is 0 Å². The van der Waals surface area contributed by atoms with Gasteiger partial charge in [0.25, 0.3) is 5.91 Å². The molecule has 25 heavy (non-hydrogen) atoms. The van der Waals surface area contributed by atoms with Crippen LogP contribution >= 0.6 is 0 Å². The zero-order chi connectivity index (χ0) is 17.4. The third-order valence-electron chi connectivity index (χ3n) is 5.54. The van der Waals surface area contributed by atoms with Crippen molar-refractivity contribution in [2.75, 3.05) is 6.54 Å². The number of amides is 1. The molecule has 0 bridgehead atoms. The van der Waals surface area contributed by atoms with Gasteiger partial charge < -0.3 is 10.4 Å². The molecule has 2 aromatic rings. The van der Waals surface area contributed by atoms with E-state index in [-0.39, 0.29) is 5.91 Å². The van der Waals surface area contributed by atoms with Crippen LogP contribution in [0.25, 0.3) is 5.69 Å². The van der Waals surface area contributed by atoms with E-state index in [0.717, 1.165) is 61.9 Å². The largest absolute Gasteiger partial charge is 0.388 e. The molecule has 1 heterocycles. The van der Waals surface area contributed by atoms with Gasteiger partial charge in [-0.1, -0.05) is 17.7 Å².